The van der Waals surface area contributed by atoms with Gasteiger partial charge in [-0.2, -0.15) is 0 Å². The lowest BCUT2D eigenvalue weighted by atomic mass is 9.82. The van der Waals surface area contributed by atoms with Crippen molar-refractivity contribution in [2.45, 2.75) is 25.7 Å². The van der Waals surface area contributed by atoms with Gasteiger partial charge in [0.2, 0.25) is 0 Å². The van der Waals surface area contributed by atoms with Gasteiger partial charge in [0.05, 0.1) is 21.7 Å². The fourth-order valence-electron chi connectivity index (χ4n) is 4.64. The number of fused-ring (bicyclic) bond motifs is 4. The van der Waals surface area contributed by atoms with Crippen molar-refractivity contribution in [2.75, 3.05) is 6.54 Å². The summed E-state index contributed by atoms with van der Waals surface area (Å²) in [5, 5.41) is 10.2. The van der Waals surface area contributed by atoms with Gasteiger partial charge < -0.3 is 5.11 Å². The van der Waals surface area contributed by atoms with Gasteiger partial charge in [0.15, 0.2) is 5.43 Å². The summed E-state index contributed by atoms with van der Waals surface area (Å²) in [5.41, 5.74) is 0.537. The van der Waals surface area contributed by atoms with Crippen molar-refractivity contribution in [1.82, 2.24) is 4.90 Å². The van der Waals surface area contributed by atoms with E-state index in [0.717, 1.165) is 4.70 Å². The highest BCUT2D eigenvalue weighted by Crippen LogP contribution is 2.36. The first-order valence-electron chi connectivity index (χ1n) is 10.0. The lowest BCUT2D eigenvalue weighted by Crippen LogP contribution is -2.36. The summed E-state index contributed by atoms with van der Waals surface area (Å²) in [6.07, 6.45) is 2.51. The number of rotatable bonds is 3. The Balaban J connectivity index is 1.51. The zero-order chi connectivity index (χ0) is 21.0. The third kappa shape index (κ3) is 2.84. The predicted octanol–water partition coefficient (Wildman–Crippen LogP) is 3.90. The standard InChI is InChI=1S/C23H19NO5S/c25-19-14-3-1-2-4-17(14)30-20-16(19)10-9-15-18(20)22(27)24(21(15)26)11-12-5-7-13(8-6-12)23(28)29/h1-4,9-10,12-13H,5-8,11H2,(H,28,29). The first kappa shape index (κ1) is 18.9. The molecule has 2 heterocycles. The fourth-order valence-corrected chi connectivity index (χ4v) is 5.85. The summed E-state index contributed by atoms with van der Waals surface area (Å²) < 4.78 is 1.35. The van der Waals surface area contributed by atoms with Crippen LogP contribution in [0, 0.1) is 11.8 Å². The Hall–Kier alpha value is -3.06. The molecule has 6 nitrogen and oxygen atoms in total. The van der Waals surface area contributed by atoms with Gasteiger partial charge in [0.1, 0.15) is 0 Å². The van der Waals surface area contributed by atoms with Crippen molar-refractivity contribution in [3.63, 3.8) is 0 Å². The smallest absolute Gasteiger partial charge is 0.306 e. The molecule has 5 rings (SSSR count). The minimum Gasteiger partial charge on any atom is -0.481 e. The third-order valence-corrected chi connectivity index (χ3v) is 7.52. The number of aliphatic carboxylic acids is 1. The monoisotopic (exact) mass is 421 g/mol. The minimum absolute atomic E-state index is 0.105. The maximum absolute atomic E-state index is 13.2. The maximum atomic E-state index is 13.2. The second kappa shape index (κ2) is 7.02. The van der Waals surface area contributed by atoms with Crippen molar-refractivity contribution in [3.8, 4) is 0 Å². The van der Waals surface area contributed by atoms with E-state index in [1.807, 2.05) is 18.2 Å². The molecule has 7 heteroatoms. The van der Waals surface area contributed by atoms with Crippen LogP contribution >= 0.6 is 11.3 Å². The van der Waals surface area contributed by atoms with Crippen LogP contribution in [0.3, 0.4) is 0 Å². The first-order valence-corrected chi connectivity index (χ1v) is 10.8. The Labute approximate surface area is 175 Å². The summed E-state index contributed by atoms with van der Waals surface area (Å²) in [4.78, 5) is 51.6. The average molecular weight is 421 g/mol. The average Bonchev–Trinajstić information content (AvgIpc) is 2.99. The SMILES string of the molecule is O=C(O)C1CCC(CN2C(=O)c3ccc4c(=O)c5ccccc5sc4c3C2=O)CC1. The molecule has 2 aromatic carbocycles. The molecule has 0 unspecified atom stereocenters. The largest absolute Gasteiger partial charge is 0.481 e. The van der Waals surface area contributed by atoms with Crippen LogP contribution in [-0.2, 0) is 4.79 Å². The Morgan fingerprint density at radius 2 is 1.70 bits per heavy atom. The quantitative estimate of drug-likeness (QED) is 0.512. The molecule has 3 aromatic rings. The zero-order valence-corrected chi connectivity index (χ0v) is 16.9. The van der Waals surface area contributed by atoms with E-state index in [0.29, 0.717) is 58.8 Å². The second-order valence-electron chi connectivity index (χ2n) is 8.07. The van der Waals surface area contributed by atoms with E-state index in [1.54, 1.807) is 18.2 Å². The molecule has 1 fully saturated rings. The number of carboxylic acids is 1. The van der Waals surface area contributed by atoms with Crippen LogP contribution in [-0.4, -0.2) is 34.3 Å². The maximum Gasteiger partial charge on any atom is 0.306 e. The van der Waals surface area contributed by atoms with Crippen LogP contribution < -0.4 is 5.43 Å². The van der Waals surface area contributed by atoms with E-state index >= 15 is 0 Å². The van der Waals surface area contributed by atoms with Gasteiger partial charge >= 0.3 is 5.97 Å². The Morgan fingerprint density at radius 3 is 2.43 bits per heavy atom. The first-order chi connectivity index (χ1) is 14.5. The van der Waals surface area contributed by atoms with Crippen LogP contribution in [0.15, 0.2) is 41.2 Å². The van der Waals surface area contributed by atoms with Crippen LogP contribution in [0.25, 0.3) is 20.2 Å². The second-order valence-corrected chi connectivity index (χ2v) is 9.12. The molecule has 0 atom stereocenters. The summed E-state index contributed by atoms with van der Waals surface area (Å²) in [6.45, 7) is 0.294. The Kier molecular flexibility index (Phi) is 4.43. The highest BCUT2D eigenvalue weighted by atomic mass is 32.1. The van der Waals surface area contributed by atoms with E-state index < -0.39 is 5.97 Å². The van der Waals surface area contributed by atoms with Crippen molar-refractivity contribution < 1.29 is 19.5 Å². The number of amides is 2. The van der Waals surface area contributed by atoms with Crippen LogP contribution in [0.5, 0.6) is 0 Å². The van der Waals surface area contributed by atoms with Gasteiger partial charge in [-0.3, -0.25) is 24.1 Å². The number of carboxylic acid groups (broad SMARTS) is 1. The highest BCUT2D eigenvalue weighted by Gasteiger charge is 2.39. The fraction of sp³-hybridized carbons (Fsp3) is 0.304. The molecule has 0 saturated heterocycles. The highest BCUT2D eigenvalue weighted by molar-refractivity contribution is 7.25. The van der Waals surface area contributed by atoms with Crippen molar-refractivity contribution >= 4 is 49.3 Å². The third-order valence-electron chi connectivity index (χ3n) is 6.32. The van der Waals surface area contributed by atoms with Gasteiger partial charge in [-0.25, -0.2) is 0 Å². The molecule has 0 spiro atoms. The van der Waals surface area contributed by atoms with Gasteiger partial charge in [-0.05, 0) is 55.9 Å². The molecule has 1 saturated carbocycles. The minimum atomic E-state index is -0.775. The summed E-state index contributed by atoms with van der Waals surface area (Å²) >= 11 is 1.36. The van der Waals surface area contributed by atoms with E-state index in [2.05, 4.69) is 0 Å². The molecule has 2 amide bonds. The number of hydrogen-bond acceptors (Lipinski definition) is 5. The normalized spacial score (nSPS) is 21.4. The summed E-state index contributed by atoms with van der Waals surface area (Å²) in [6, 6.07) is 10.5. The molecule has 2 aliphatic rings. The number of carbonyl (C=O) groups excluding carboxylic acids is 2. The van der Waals surface area contributed by atoms with Crippen molar-refractivity contribution in [1.29, 1.82) is 0 Å². The molecule has 1 aliphatic heterocycles. The molecular weight excluding hydrogens is 402 g/mol. The summed E-state index contributed by atoms with van der Waals surface area (Å²) in [5.74, 6) is -1.69. The van der Waals surface area contributed by atoms with E-state index in [1.165, 1.54) is 16.2 Å². The molecule has 0 bridgehead atoms. The van der Waals surface area contributed by atoms with Gasteiger partial charge in [-0.1, -0.05) is 12.1 Å². The van der Waals surface area contributed by atoms with Crippen LogP contribution in [0.4, 0.5) is 0 Å². The number of carbonyl (C=O) groups is 3. The lowest BCUT2D eigenvalue weighted by Gasteiger charge is -2.28. The molecule has 1 aromatic heterocycles. The topological polar surface area (TPSA) is 91.8 Å². The zero-order valence-electron chi connectivity index (χ0n) is 16.1. The molecule has 152 valence electrons. The molecule has 1 N–H and O–H groups in total. The molecule has 0 radical (unpaired) electrons. The lowest BCUT2D eigenvalue weighted by molar-refractivity contribution is -0.143. The van der Waals surface area contributed by atoms with Crippen molar-refractivity contribution in [3.05, 3.63) is 57.7 Å². The predicted molar refractivity (Wildman–Crippen MR) is 114 cm³/mol. The number of imide groups is 1. The Morgan fingerprint density at radius 1 is 0.967 bits per heavy atom. The van der Waals surface area contributed by atoms with E-state index in [9.17, 15) is 19.2 Å². The molecule has 30 heavy (non-hydrogen) atoms. The van der Waals surface area contributed by atoms with Gasteiger partial charge in [-0.15, -0.1) is 11.3 Å². The van der Waals surface area contributed by atoms with Gasteiger partial charge in [0.25, 0.3) is 11.8 Å². The van der Waals surface area contributed by atoms with Crippen LogP contribution in [0.1, 0.15) is 46.4 Å². The number of benzene rings is 2. The van der Waals surface area contributed by atoms with E-state index in [-0.39, 0.29) is 29.1 Å². The number of nitrogens with zero attached hydrogens (tertiary/aromatic N) is 1. The van der Waals surface area contributed by atoms with Gasteiger partial charge in [0, 0.05) is 22.0 Å². The number of hydrogen-bond donors (Lipinski definition) is 1. The molecular formula is C23H19NO5S. The van der Waals surface area contributed by atoms with E-state index in [4.69, 9.17) is 5.11 Å². The van der Waals surface area contributed by atoms with Crippen molar-refractivity contribution in [2.24, 2.45) is 11.8 Å². The Bertz CT molecular complexity index is 1290. The molecule has 1 aliphatic carbocycles. The van der Waals surface area contributed by atoms with Crippen LogP contribution in [0.2, 0.25) is 0 Å². The summed E-state index contributed by atoms with van der Waals surface area (Å²) in [7, 11) is 0.